The predicted molar refractivity (Wildman–Crippen MR) is 61.6 cm³/mol. The number of aromatic nitrogens is 1. The third-order valence-corrected chi connectivity index (χ3v) is 3.20. The van der Waals surface area contributed by atoms with Crippen LogP contribution in [-0.4, -0.2) is 17.4 Å². The molecule has 1 fully saturated rings. The van der Waals surface area contributed by atoms with E-state index in [1.807, 2.05) is 0 Å². The molecule has 0 radical (unpaired) electrons. The van der Waals surface area contributed by atoms with E-state index in [1.54, 1.807) is 18.3 Å². The minimum Gasteiger partial charge on any atom is -0.352 e. The van der Waals surface area contributed by atoms with Crippen LogP contribution in [0.5, 0.6) is 0 Å². The molecule has 1 aromatic rings. The van der Waals surface area contributed by atoms with Gasteiger partial charge < -0.3 is 5.32 Å². The molecule has 0 unspecified atom stereocenters. The van der Waals surface area contributed by atoms with Crippen LogP contribution in [0.1, 0.15) is 29.6 Å². The molecule has 1 heterocycles. The van der Waals surface area contributed by atoms with Crippen molar-refractivity contribution in [3.05, 3.63) is 28.5 Å². The van der Waals surface area contributed by atoms with E-state index in [0.717, 1.165) is 6.54 Å². The van der Waals surface area contributed by atoms with Gasteiger partial charge in [0.05, 0.1) is 0 Å². The summed E-state index contributed by atoms with van der Waals surface area (Å²) in [5.74, 6) is 0.684. The van der Waals surface area contributed by atoms with Crippen LogP contribution in [0.4, 0.5) is 0 Å². The predicted octanol–water partition coefficient (Wildman–Crippen LogP) is 2.37. The second-order valence-corrected chi connectivity index (χ2v) is 4.69. The standard InChI is InChI=1S/C11H13BrN2O/c12-10-6-9(4-5-13-10)11(15)14-7-8-2-1-3-8/h4-6,8H,1-3,7H2,(H,14,15). The van der Waals surface area contributed by atoms with Crippen molar-refractivity contribution < 1.29 is 4.79 Å². The van der Waals surface area contributed by atoms with Crippen molar-refractivity contribution in [2.45, 2.75) is 19.3 Å². The summed E-state index contributed by atoms with van der Waals surface area (Å²) in [5.41, 5.74) is 0.663. The zero-order valence-electron chi connectivity index (χ0n) is 8.37. The normalized spacial score (nSPS) is 15.8. The second-order valence-electron chi connectivity index (χ2n) is 3.87. The monoisotopic (exact) mass is 268 g/mol. The summed E-state index contributed by atoms with van der Waals surface area (Å²) >= 11 is 3.24. The van der Waals surface area contributed by atoms with Gasteiger partial charge in [-0.3, -0.25) is 4.79 Å². The Morgan fingerprint density at radius 3 is 3.00 bits per heavy atom. The number of nitrogens with zero attached hydrogens (tertiary/aromatic N) is 1. The number of rotatable bonds is 3. The number of pyridine rings is 1. The van der Waals surface area contributed by atoms with Crippen LogP contribution in [0.25, 0.3) is 0 Å². The van der Waals surface area contributed by atoms with E-state index in [2.05, 4.69) is 26.2 Å². The maximum absolute atomic E-state index is 11.7. The smallest absolute Gasteiger partial charge is 0.251 e. The van der Waals surface area contributed by atoms with Crippen molar-refractivity contribution >= 4 is 21.8 Å². The summed E-state index contributed by atoms with van der Waals surface area (Å²) in [7, 11) is 0. The molecule has 0 atom stereocenters. The third kappa shape index (κ3) is 2.78. The molecule has 1 N–H and O–H groups in total. The summed E-state index contributed by atoms with van der Waals surface area (Å²) in [6, 6.07) is 3.46. The molecule has 0 spiro atoms. The van der Waals surface area contributed by atoms with Gasteiger partial charge in [0.15, 0.2) is 0 Å². The molecular weight excluding hydrogens is 256 g/mol. The number of hydrogen-bond donors (Lipinski definition) is 1. The Kier molecular flexibility index (Phi) is 3.36. The molecule has 0 saturated heterocycles. The van der Waals surface area contributed by atoms with Crippen LogP contribution in [0.3, 0.4) is 0 Å². The van der Waals surface area contributed by atoms with E-state index >= 15 is 0 Å². The van der Waals surface area contributed by atoms with Gasteiger partial charge in [-0.05, 0) is 46.8 Å². The lowest BCUT2D eigenvalue weighted by Crippen LogP contribution is -2.32. The second kappa shape index (κ2) is 4.75. The molecule has 15 heavy (non-hydrogen) atoms. The largest absolute Gasteiger partial charge is 0.352 e. The molecule has 1 aromatic heterocycles. The first-order chi connectivity index (χ1) is 7.25. The fraction of sp³-hybridized carbons (Fsp3) is 0.455. The average Bonchev–Trinajstić information content (AvgIpc) is 2.15. The Hall–Kier alpha value is -0.900. The minimum absolute atomic E-state index is 0.00926. The minimum atomic E-state index is -0.00926. The molecule has 1 amide bonds. The van der Waals surface area contributed by atoms with Crippen LogP contribution in [0.15, 0.2) is 22.9 Å². The Labute approximate surface area is 97.4 Å². The van der Waals surface area contributed by atoms with Crippen molar-refractivity contribution in [3.63, 3.8) is 0 Å². The highest BCUT2D eigenvalue weighted by atomic mass is 79.9. The van der Waals surface area contributed by atoms with Crippen LogP contribution < -0.4 is 5.32 Å². The Balaban J connectivity index is 1.89. The van der Waals surface area contributed by atoms with Gasteiger partial charge in [-0.1, -0.05) is 6.42 Å². The van der Waals surface area contributed by atoms with Gasteiger partial charge in [-0.2, -0.15) is 0 Å². The summed E-state index contributed by atoms with van der Waals surface area (Å²) in [6.45, 7) is 0.804. The lowest BCUT2D eigenvalue weighted by Gasteiger charge is -2.25. The number of amides is 1. The quantitative estimate of drug-likeness (QED) is 0.856. The van der Waals surface area contributed by atoms with Crippen LogP contribution in [0, 0.1) is 5.92 Å². The molecule has 2 rings (SSSR count). The summed E-state index contributed by atoms with van der Waals surface area (Å²) in [6.07, 6.45) is 5.43. The van der Waals surface area contributed by atoms with Crippen LogP contribution in [0.2, 0.25) is 0 Å². The topological polar surface area (TPSA) is 42.0 Å². The van der Waals surface area contributed by atoms with Crippen molar-refractivity contribution in [3.8, 4) is 0 Å². The molecule has 4 heteroatoms. The van der Waals surface area contributed by atoms with Crippen LogP contribution in [-0.2, 0) is 0 Å². The first kappa shape index (κ1) is 10.6. The van der Waals surface area contributed by atoms with Gasteiger partial charge in [0, 0.05) is 18.3 Å². The van der Waals surface area contributed by atoms with E-state index in [0.29, 0.717) is 16.1 Å². The fourth-order valence-corrected chi connectivity index (χ4v) is 1.94. The molecule has 1 saturated carbocycles. The van der Waals surface area contributed by atoms with Crippen molar-refractivity contribution in [2.75, 3.05) is 6.54 Å². The lowest BCUT2D eigenvalue weighted by atomic mass is 9.85. The average molecular weight is 269 g/mol. The third-order valence-electron chi connectivity index (χ3n) is 2.76. The number of nitrogens with one attached hydrogen (secondary N) is 1. The number of halogens is 1. The number of hydrogen-bond acceptors (Lipinski definition) is 2. The maximum Gasteiger partial charge on any atom is 0.251 e. The van der Waals surface area contributed by atoms with Gasteiger partial charge >= 0.3 is 0 Å². The zero-order chi connectivity index (χ0) is 10.7. The molecule has 3 nitrogen and oxygen atoms in total. The zero-order valence-corrected chi connectivity index (χ0v) is 9.96. The fourth-order valence-electron chi connectivity index (χ4n) is 1.58. The molecule has 1 aliphatic rings. The maximum atomic E-state index is 11.7. The summed E-state index contributed by atoms with van der Waals surface area (Å²) in [5, 5.41) is 2.94. The molecular formula is C11H13BrN2O. The summed E-state index contributed by atoms with van der Waals surface area (Å²) in [4.78, 5) is 15.7. The van der Waals surface area contributed by atoms with E-state index in [-0.39, 0.29) is 5.91 Å². The van der Waals surface area contributed by atoms with Gasteiger partial charge in [0.1, 0.15) is 4.60 Å². The van der Waals surface area contributed by atoms with E-state index in [1.165, 1.54) is 19.3 Å². The number of carbonyl (C=O) groups is 1. The SMILES string of the molecule is O=C(NCC1CCC1)c1ccnc(Br)c1. The lowest BCUT2D eigenvalue weighted by molar-refractivity contribution is 0.0939. The van der Waals surface area contributed by atoms with Crippen LogP contribution >= 0.6 is 15.9 Å². The van der Waals surface area contributed by atoms with E-state index < -0.39 is 0 Å². The highest BCUT2D eigenvalue weighted by Crippen LogP contribution is 2.25. The van der Waals surface area contributed by atoms with Gasteiger partial charge in [-0.15, -0.1) is 0 Å². The highest BCUT2D eigenvalue weighted by Gasteiger charge is 2.18. The van der Waals surface area contributed by atoms with Crippen molar-refractivity contribution in [2.24, 2.45) is 5.92 Å². The van der Waals surface area contributed by atoms with E-state index in [4.69, 9.17) is 0 Å². The Bertz CT molecular complexity index is 363. The Morgan fingerprint density at radius 1 is 1.60 bits per heavy atom. The first-order valence-corrected chi connectivity index (χ1v) is 5.95. The molecule has 0 aliphatic heterocycles. The number of carbonyl (C=O) groups excluding carboxylic acids is 1. The van der Waals surface area contributed by atoms with Gasteiger partial charge in [0.25, 0.3) is 5.91 Å². The molecule has 1 aliphatic carbocycles. The summed E-state index contributed by atoms with van der Waals surface area (Å²) < 4.78 is 0.693. The molecule has 0 aromatic carbocycles. The first-order valence-electron chi connectivity index (χ1n) is 5.15. The van der Waals surface area contributed by atoms with Crippen molar-refractivity contribution in [1.82, 2.24) is 10.3 Å². The van der Waals surface area contributed by atoms with E-state index in [9.17, 15) is 4.79 Å². The van der Waals surface area contributed by atoms with Crippen molar-refractivity contribution in [1.29, 1.82) is 0 Å². The highest BCUT2D eigenvalue weighted by molar-refractivity contribution is 9.10. The van der Waals surface area contributed by atoms with Gasteiger partial charge in [0.2, 0.25) is 0 Å². The molecule has 0 bridgehead atoms. The Morgan fingerprint density at radius 2 is 2.40 bits per heavy atom. The molecule has 80 valence electrons. The van der Waals surface area contributed by atoms with Gasteiger partial charge in [-0.25, -0.2) is 4.98 Å².